The second kappa shape index (κ2) is 8.23. The Balaban J connectivity index is 3.11. The summed E-state index contributed by atoms with van der Waals surface area (Å²) >= 11 is 0. The third kappa shape index (κ3) is 5.41. The van der Waals surface area contributed by atoms with E-state index in [1.54, 1.807) is 9.80 Å². The van der Waals surface area contributed by atoms with Crippen molar-refractivity contribution in [3.05, 3.63) is 0 Å². The highest BCUT2D eigenvalue weighted by molar-refractivity contribution is 5.78. The smallest absolute Gasteiger partial charge is 0.237 e. The third-order valence-electron chi connectivity index (χ3n) is 2.76. The lowest BCUT2D eigenvalue weighted by Crippen LogP contribution is -2.36. The first-order valence-electron chi connectivity index (χ1n) is 7.18. The van der Waals surface area contributed by atoms with E-state index in [9.17, 15) is 4.79 Å². The maximum Gasteiger partial charge on any atom is 0.237 e. The van der Waals surface area contributed by atoms with Gasteiger partial charge in [0.15, 0.2) is 0 Å². The summed E-state index contributed by atoms with van der Waals surface area (Å²) in [6.07, 6.45) is 1.95. The molecule has 0 saturated carbocycles. The molecule has 0 aliphatic rings. The molecule has 1 heterocycles. The van der Waals surface area contributed by atoms with Crippen LogP contribution in [0.1, 0.15) is 26.7 Å². The molecule has 0 saturated heterocycles. The van der Waals surface area contributed by atoms with Crippen LogP contribution in [0.25, 0.3) is 0 Å². The first-order valence-corrected chi connectivity index (χ1v) is 7.18. The van der Waals surface area contributed by atoms with Crippen molar-refractivity contribution in [3.8, 4) is 0 Å². The number of carbonyl (C=O) groups excluding carboxylic acids is 1. The summed E-state index contributed by atoms with van der Waals surface area (Å²) in [5, 5.41) is 3.08. The van der Waals surface area contributed by atoms with Crippen LogP contribution in [0.4, 0.5) is 17.8 Å². The van der Waals surface area contributed by atoms with Crippen molar-refractivity contribution in [2.75, 3.05) is 48.8 Å². The van der Waals surface area contributed by atoms with Crippen LogP contribution in [0.3, 0.4) is 0 Å². The molecule has 0 aliphatic heterocycles. The standard InChI is InChI=1S/C13H25N7O/c1-5-7-8-20(9-10(14)21)13-17-11(15-6-2)16-12(18-13)19(3)4/h5-9H2,1-4H3,(H2,14,21)(H,15,16,17,18). The number of amides is 1. The van der Waals surface area contributed by atoms with Crippen LogP contribution in [0.15, 0.2) is 0 Å². The van der Waals surface area contributed by atoms with E-state index in [-0.39, 0.29) is 6.54 Å². The van der Waals surface area contributed by atoms with Crippen molar-refractivity contribution < 1.29 is 4.79 Å². The van der Waals surface area contributed by atoms with Gasteiger partial charge in [0.25, 0.3) is 0 Å². The summed E-state index contributed by atoms with van der Waals surface area (Å²) < 4.78 is 0. The van der Waals surface area contributed by atoms with Gasteiger partial charge in [-0.1, -0.05) is 13.3 Å². The molecule has 1 aromatic heterocycles. The highest BCUT2D eigenvalue weighted by atomic mass is 16.1. The van der Waals surface area contributed by atoms with Crippen LogP contribution < -0.4 is 20.9 Å². The zero-order valence-corrected chi connectivity index (χ0v) is 13.3. The molecule has 8 nitrogen and oxygen atoms in total. The van der Waals surface area contributed by atoms with E-state index in [1.807, 2.05) is 21.0 Å². The molecule has 21 heavy (non-hydrogen) atoms. The third-order valence-corrected chi connectivity index (χ3v) is 2.76. The van der Waals surface area contributed by atoms with Gasteiger partial charge < -0.3 is 20.9 Å². The SMILES string of the molecule is CCCCN(CC(N)=O)c1nc(NCC)nc(N(C)C)n1. The summed E-state index contributed by atoms with van der Waals surface area (Å²) in [5.41, 5.74) is 5.32. The average molecular weight is 295 g/mol. The Labute approximate surface area is 125 Å². The fraction of sp³-hybridized carbons (Fsp3) is 0.692. The van der Waals surface area contributed by atoms with Gasteiger partial charge in [-0.2, -0.15) is 15.0 Å². The Bertz CT molecular complexity index is 464. The van der Waals surface area contributed by atoms with Crippen molar-refractivity contribution >= 4 is 23.8 Å². The van der Waals surface area contributed by atoms with Crippen LogP contribution in [-0.4, -0.2) is 54.6 Å². The van der Waals surface area contributed by atoms with Crippen LogP contribution >= 0.6 is 0 Å². The Hall–Kier alpha value is -2.12. The molecular formula is C13H25N7O. The molecule has 1 rings (SSSR count). The quantitative estimate of drug-likeness (QED) is 0.682. The number of nitrogens with one attached hydrogen (secondary N) is 1. The van der Waals surface area contributed by atoms with Gasteiger partial charge in [-0.05, 0) is 13.3 Å². The average Bonchev–Trinajstić information content (AvgIpc) is 2.43. The number of primary amides is 1. The van der Waals surface area contributed by atoms with Crippen molar-refractivity contribution in [2.24, 2.45) is 5.73 Å². The molecule has 3 N–H and O–H groups in total. The number of hydrogen-bond acceptors (Lipinski definition) is 7. The monoisotopic (exact) mass is 295 g/mol. The van der Waals surface area contributed by atoms with Crippen molar-refractivity contribution in [1.82, 2.24) is 15.0 Å². The molecule has 1 amide bonds. The van der Waals surface area contributed by atoms with E-state index in [2.05, 4.69) is 27.2 Å². The van der Waals surface area contributed by atoms with Gasteiger partial charge in [0.05, 0.1) is 6.54 Å². The molecule has 0 aliphatic carbocycles. The summed E-state index contributed by atoms with van der Waals surface area (Å²) in [5.74, 6) is 1.11. The fourth-order valence-corrected chi connectivity index (χ4v) is 1.72. The predicted molar refractivity (Wildman–Crippen MR) is 84.6 cm³/mol. The maximum absolute atomic E-state index is 11.3. The molecule has 1 aromatic rings. The van der Waals surface area contributed by atoms with E-state index < -0.39 is 5.91 Å². The Kier molecular flexibility index (Phi) is 6.64. The second-order valence-corrected chi connectivity index (χ2v) is 4.93. The lowest BCUT2D eigenvalue weighted by molar-refractivity contribution is -0.116. The lowest BCUT2D eigenvalue weighted by Gasteiger charge is -2.22. The van der Waals surface area contributed by atoms with Gasteiger partial charge in [0, 0.05) is 27.2 Å². The van der Waals surface area contributed by atoms with Gasteiger partial charge in [-0.15, -0.1) is 0 Å². The first kappa shape index (κ1) is 16.9. The molecule has 0 spiro atoms. The summed E-state index contributed by atoms with van der Waals surface area (Å²) in [7, 11) is 3.72. The minimum absolute atomic E-state index is 0.0996. The summed E-state index contributed by atoms with van der Waals surface area (Å²) in [4.78, 5) is 27.9. The van der Waals surface area contributed by atoms with Crippen molar-refractivity contribution in [1.29, 1.82) is 0 Å². The Morgan fingerprint density at radius 2 is 1.86 bits per heavy atom. The number of nitrogens with two attached hydrogens (primary N) is 1. The predicted octanol–water partition coefficient (Wildman–Crippen LogP) is 0.461. The zero-order chi connectivity index (χ0) is 15.8. The molecule has 0 radical (unpaired) electrons. The molecule has 0 atom stereocenters. The van der Waals surface area contributed by atoms with Crippen LogP contribution in [0, 0.1) is 0 Å². The lowest BCUT2D eigenvalue weighted by atomic mass is 10.3. The number of unbranched alkanes of at least 4 members (excludes halogenated alkanes) is 1. The Morgan fingerprint density at radius 1 is 1.19 bits per heavy atom. The van der Waals surface area contributed by atoms with Crippen molar-refractivity contribution in [3.63, 3.8) is 0 Å². The van der Waals surface area contributed by atoms with Gasteiger partial charge in [-0.25, -0.2) is 0 Å². The topological polar surface area (TPSA) is 100 Å². The normalized spacial score (nSPS) is 10.3. The number of carbonyl (C=O) groups is 1. The minimum Gasteiger partial charge on any atom is -0.368 e. The van der Waals surface area contributed by atoms with Gasteiger partial charge >= 0.3 is 0 Å². The summed E-state index contributed by atoms with van der Waals surface area (Å²) in [6.45, 7) is 5.55. The van der Waals surface area contributed by atoms with E-state index in [0.717, 1.165) is 12.8 Å². The van der Waals surface area contributed by atoms with E-state index in [4.69, 9.17) is 5.73 Å². The van der Waals surface area contributed by atoms with Gasteiger partial charge in [0.2, 0.25) is 23.8 Å². The molecule has 0 unspecified atom stereocenters. The number of nitrogens with zero attached hydrogens (tertiary/aromatic N) is 5. The molecule has 118 valence electrons. The first-order chi connectivity index (χ1) is 9.97. The fourth-order valence-electron chi connectivity index (χ4n) is 1.72. The number of rotatable bonds is 9. The van der Waals surface area contributed by atoms with E-state index >= 15 is 0 Å². The van der Waals surface area contributed by atoms with Gasteiger partial charge in [-0.3, -0.25) is 4.79 Å². The molecule has 0 bridgehead atoms. The largest absolute Gasteiger partial charge is 0.368 e. The zero-order valence-electron chi connectivity index (χ0n) is 13.3. The minimum atomic E-state index is -0.400. The second-order valence-electron chi connectivity index (χ2n) is 4.93. The number of hydrogen-bond donors (Lipinski definition) is 2. The van der Waals surface area contributed by atoms with Crippen molar-refractivity contribution in [2.45, 2.75) is 26.7 Å². The highest BCUT2D eigenvalue weighted by Crippen LogP contribution is 2.15. The molecule has 8 heteroatoms. The maximum atomic E-state index is 11.3. The molecule has 0 fully saturated rings. The Morgan fingerprint density at radius 3 is 2.38 bits per heavy atom. The van der Waals surface area contributed by atoms with E-state index in [1.165, 1.54) is 0 Å². The summed E-state index contributed by atoms with van der Waals surface area (Å²) in [6, 6.07) is 0. The number of anilines is 3. The number of aromatic nitrogens is 3. The van der Waals surface area contributed by atoms with Gasteiger partial charge in [0.1, 0.15) is 0 Å². The molecule has 0 aromatic carbocycles. The van der Waals surface area contributed by atoms with Crippen LogP contribution in [0.5, 0.6) is 0 Å². The van der Waals surface area contributed by atoms with Crippen LogP contribution in [-0.2, 0) is 4.79 Å². The highest BCUT2D eigenvalue weighted by Gasteiger charge is 2.16. The molecular weight excluding hydrogens is 270 g/mol. The van der Waals surface area contributed by atoms with E-state index in [0.29, 0.717) is 30.9 Å². The van der Waals surface area contributed by atoms with Crippen LogP contribution in [0.2, 0.25) is 0 Å².